The predicted molar refractivity (Wildman–Crippen MR) is 64.8 cm³/mol. The van der Waals surface area contributed by atoms with Crippen LogP contribution < -0.4 is 5.32 Å². The average Bonchev–Trinajstić information content (AvgIpc) is 2.28. The summed E-state index contributed by atoms with van der Waals surface area (Å²) in [5, 5.41) is 3.46. The third-order valence-corrected chi connectivity index (χ3v) is 2.45. The molecular weight excluding hydrogens is 184 g/mol. The zero-order chi connectivity index (χ0) is 10.9. The molecule has 0 aliphatic carbocycles. The maximum Gasteiger partial charge on any atom is 0.0299 e. The minimum Gasteiger partial charge on any atom is -0.314 e. The van der Waals surface area contributed by atoms with Crippen LogP contribution >= 0.6 is 0 Å². The zero-order valence-corrected chi connectivity index (χ0v) is 9.45. The van der Waals surface area contributed by atoms with E-state index < -0.39 is 0 Å². The van der Waals surface area contributed by atoms with E-state index in [1.54, 1.807) is 0 Å². The van der Waals surface area contributed by atoms with Crippen molar-refractivity contribution in [3.8, 4) is 0 Å². The first-order chi connectivity index (χ1) is 7.36. The number of aromatic nitrogens is 1. The number of nitrogens with zero attached hydrogens (tertiary/aromatic N) is 1. The normalized spacial score (nSPS) is 12.3. The van der Waals surface area contributed by atoms with Gasteiger partial charge < -0.3 is 5.32 Å². The van der Waals surface area contributed by atoms with E-state index in [0.717, 1.165) is 25.8 Å². The number of pyridine rings is 1. The van der Waals surface area contributed by atoms with Crippen LogP contribution in [0.5, 0.6) is 0 Å². The highest BCUT2D eigenvalue weighted by Crippen LogP contribution is 2.06. The molecule has 1 heterocycles. The Morgan fingerprint density at radius 1 is 1.60 bits per heavy atom. The van der Waals surface area contributed by atoms with Gasteiger partial charge >= 0.3 is 0 Å². The summed E-state index contributed by atoms with van der Waals surface area (Å²) < 4.78 is 0. The van der Waals surface area contributed by atoms with Gasteiger partial charge in [-0.3, -0.25) is 4.98 Å². The molecule has 1 unspecified atom stereocenters. The number of aryl methyl sites for hydroxylation is 1. The molecule has 0 fully saturated rings. The molecule has 0 bridgehead atoms. The summed E-state index contributed by atoms with van der Waals surface area (Å²) in [6.07, 6.45) is 9.00. The van der Waals surface area contributed by atoms with Crippen molar-refractivity contribution in [2.75, 3.05) is 6.54 Å². The van der Waals surface area contributed by atoms with Crippen molar-refractivity contribution < 1.29 is 0 Å². The quantitative estimate of drug-likeness (QED) is 0.690. The van der Waals surface area contributed by atoms with E-state index in [-0.39, 0.29) is 0 Å². The van der Waals surface area contributed by atoms with Crippen molar-refractivity contribution in [1.29, 1.82) is 0 Å². The van der Waals surface area contributed by atoms with Crippen LogP contribution in [0, 0.1) is 0 Å². The lowest BCUT2D eigenvalue weighted by molar-refractivity contribution is 0.498. The van der Waals surface area contributed by atoms with Gasteiger partial charge in [0.05, 0.1) is 0 Å². The predicted octanol–water partition coefficient (Wildman–Crippen LogP) is 2.57. The van der Waals surface area contributed by atoms with Crippen molar-refractivity contribution in [3.63, 3.8) is 0 Å². The Morgan fingerprint density at radius 2 is 2.47 bits per heavy atom. The van der Waals surface area contributed by atoms with Gasteiger partial charge in [-0.25, -0.2) is 0 Å². The number of hydrogen-bond acceptors (Lipinski definition) is 2. The van der Waals surface area contributed by atoms with E-state index in [2.05, 4.69) is 29.9 Å². The van der Waals surface area contributed by atoms with Crippen LogP contribution in [0.1, 0.15) is 25.3 Å². The standard InChI is InChI=1S/C13H20N2/c1-3-6-13(15-4-2)9-8-12-7-5-10-14-11-12/h3,5,7,10-11,13,15H,1,4,6,8-9H2,2H3. The monoisotopic (exact) mass is 204 g/mol. The summed E-state index contributed by atoms with van der Waals surface area (Å²) in [4.78, 5) is 4.11. The summed E-state index contributed by atoms with van der Waals surface area (Å²) in [6, 6.07) is 4.67. The van der Waals surface area contributed by atoms with Gasteiger partial charge in [0.25, 0.3) is 0 Å². The highest BCUT2D eigenvalue weighted by molar-refractivity contribution is 5.08. The van der Waals surface area contributed by atoms with Gasteiger partial charge in [0, 0.05) is 18.4 Å². The second-order valence-corrected chi connectivity index (χ2v) is 3.68. The van der Waals surface area contributed by atoms with Gasteiger partial charge in [0.2, 0.25) is 0 Å². The average molecular weight is 204 g/mol. The van der Waals surface area contributed by atoms with Crippen LogP contribution in [0.15, 0.2) is 37.2 Å². The van der Waals surface area contributed by atoms with Crippen molar-refractivity contribution >= 4 is 0 Å². The van der Waals surface area contributed by atoms with Crippen molar-refractivity contribution in [2.24, 2.45) is 0 Å². The Balaban J connectivity index is 2.36. The molecule has 1 rings (SSSR count). The molecule has 2 nitrogen and oxygen atoms in total. The lowest BCUT2D eigenvalue weighted by Crippen LogP contribution is -2.28. The molecule has 82 valence electrons. The van der Waals surface area contributed by atoms with Gasteiger partial charge in [0.15, 0.2) is 0 Å². The van der Waals surface area contributed by atoms with Crippen molar-refractivity contribution in [3.05, 3.63) is 42.7 Å². The molecule has 0 aliphatic heterocycles. The maximum absolute atomic E-state index is 4.11. The minimum absolute atomic E-state index is 0.549. The molecule has 2 heteroatoms. The second-order valence-electron chi connectivity index (χ2n) is 3.68. The molecule has 0 aromatic carbocycles. The van der Waals surface area contributed by atoms with Crippen LogP contribution in [0.3, 0.4) is 0 Å². The van der Waals surface area contributed by atoms with Gasteiger partial charge in [-0.05, 0) is 37.4 Å². The Bertz CT molecular complexity index is 269. The molecule has 0 saturated carbocycles. The van der Waals surface area contributed by atoms with E-state index in [1.165, 1.54) is 5.56 Å². The van der Waals surface area contributed by atoms with Crippen molar-refractivity contribution in [2.45, 2.75) is 32.2 Å². The lowest BCUT2D eigenvalue weighted by Gasteiger charge is -2.15. The Morgan fingerprint density at radius 3 is 3.07 bits per heavy atom. The molecule has 1 N–H and O–H groups in total. The number of rotatable bonds is 7. The van der Waals surface area contributed by atoms with Crippen LogP contribution in [0.4, 0.5) is 0 Å². The lowest BCUT2D eigenvalue weighted by atomic mass is 10.0. The Labute approximate surface area is 92.4 Å². The molecule has 0 aliphatic rings. The molecule has 0 saturated heterocycles. The highest BCUT2D eigenvalue weighted by Gasteiger charge is 2.04. The first kappa shape index (κ1) is 11.9. The molecule has 0 spiro atoms. The van der Waals surface area contributed by atoms with Gasteiger partial charge in [-0.1, -0.05) is 19.1 Å². The fourth-order valence-corrected chi connectivity index (χ4v) is 1.68. The summed E-state index contributed by atoms with van der Waals surface area (Å²) >= 11 is 0. The van der Waals surface area contributed by atoms with Crippen molar-refractivity contribution in [1.82, 2.24) is 10.3 Å². The van der Waals surface area contributed by atoms with E-state index in [1.807, 2.05) is 24.5 Å². The topological polar surface area (TPSA) is 24.9 Å². The smallest absolute Gasteiger partial charge is 0.0299 e. The fourth-order valence-electron chi connectivity index (χ4n) is 1.68. The summed E-state index contributed by atoms with van der Waals surface area (Å²) in [6.45, 7) is 6.94. The molecular formula is C13H20N2. The third kappa shape index (κ3) is 4.75. The van der Waals surface area contributed by atoms with Gasteiger partial charge in [0.1, 0.15) is 0 Å². The van der Waals surface area contributed by atoms with Crippen LogP contribution in [0.2, 0.25) is 0 Å². The highest BCUT2D eigenvalue weighted by atomic mass is 14.9. The zero-order valence-electron chi connectivity index (χ0n) is 9.45. The molecule has 1 aromatic heterocycles. The third-order valence-electron chi connectivity index (χ3n) is 2.45. The van der Waals surface area contributed by atoms with Crippen LogP contribution in [-0.2, 0) is 6.42 Å². The van der Waals surface area contributed by atoms with Gasteiger partial charge in [-0.15, -0.1) is 6.58 Å². The summed E-state index contributed by atoms with van der Waals surface area (Å²) in [5.41, 5.74) is 1.31. The van der Waals surface area contributed by atoms with E-state index >= 15 is 0 Å². The van der Waals surface area contributed by atoms with Gasteiger partial charge in [-0.2, -0.15) is 0 Å². The van der Waals surface area contributed by atoms with E-state index in [4.69, 9.17) is 0 Å². The summed E-state index contributed by atoms with van der Waals surface area (Å²) in [7, 11) is 0. The van der Waals surface area contributed by atoms with Crippen LogP contribution in [0.25, 0.3) is 0 Å². The number of hydrogen-bond donors (Lipinski definition) is 1. The first-order valence-corrected chi connectivity index (χ1v) is 5.60. The second kappa shape index (κ2) is 7.18. The summed E-state index contributed by atoms with van der Waals surface area (Å²) in [5.74, 6) is 0. The fraction of sp³-hybridized carbons (Fsp3) is 0.462. The van der Waals surface area contributed by atoms with Crippen LogP contribution in [-0.4, -0.2) is 17.6 Å². The molecule has 1 aromatic rings. The van der Waals surface area contributed by atoms with E-state index in [9.17, 15) is 0 Å². The Hall–Kier alpha value is -1.15. The largest absolute Gasteiger partial charge is 0.314 e. The minimum atomic E-state index is 0.549. The molecule has 1 atom stereocenters. The Kier molecular flexibility index (Phi) is 5.71. The van der Waals surface area contributed by atoms with E-state index in [0.29, 0.717) is 6.04 Å². The molecule has 0 amide bonds. The SMILES string of the molecule is C=CCC(CCc1cccnc1)NCC. The number of nitrogens with one attached hydrogen (secondary N) is 1. The maximum atomic E-state index is 4.11. The molecule has 15 heavy (non-hydrogen) atoms. The molecule has 0 radical (unpaired) electrons. The first-order valence-electron chi connectivity index (χ1n) is 5.60.